The van der Waals surface area contributed by atoms with E-state index in [0.29, 0.717) is 11.7 Å². The van der Waals surface area contributed by atoms with Crippen LogP contribution in [0, 0.1) is 11.8 Å². The summed E-state index contributed by atoms with van der Waals surface area (Å²) in [5, 5.41) is 12.2. The standard InChI is InChI=1S/C13H18N2O2/c1-9-4-2-5-10(9)8-15-12-11(13(16)17)6-3-7-14-12/h3,6-7,9-10H,2,4-5,8H2,1H3,(H,14,15)(H,16,17). The van der Waals surface area contributed by atoms with Crippen molar-refractivity contribution in [3.8, 4) is 0 Å². The zero-order valence-electron chi connectivity index (χ0n) is 10.0. The molecular weight excluding hydrogens is 216 g/mol. The van der Waals surface area contributed by atoms with Crippen molar-refractivity contribution < 1.29 is 9.90 Å². The maximum atomic E-state index is 11.0. The third-order valence-electron chi connectivity index (χ3n) is 3.61. The van der Waals surface area contributed by atoms with Crippen LogP contribution in [0.25, 0.3) is 0 Å². The lowest BCUT2D eigenvalue weighted by Gasteiger charge is -2.16. The Morgan fingerprint density at radius 3 is 3.06 bits per heavy atom. The number of anilines is 1. The summed E-state index contributed by atoms with van der Waals surface area (Å²) < 4.78 is 0. The van der Waals surface area contributed by atoms with Crippen LogP contribution in [0.2, 0.25) is 0 Å². The maximum absolute atomic E-state index is 11.0. The summed E-state index contributed by atoms with van der Waals surface area (Å²) in [6.45, 7) is 3.08. The predicted molar refractivity (Wildman–Crippen MR) is 66.2 cm³/mol. The van der Waals surface area contributed by atoms with Crippen LogP contribution in [0.4, 0.5) is 5.82 Å². The maximum Gasteiger partial charge on any atom is 0.339 e. The van der Waals surface area contributed by atoms with Gasteiger partial charge in [0.05, 0.1) is 0 Å². The third-order valence-corrected chi connectivity index (χ3v) is 3.61. The lowest BCUT2D eigenvalue weighted by molar-refractivity contribution is 0.0697. The van der Waals surface area contributed by atoms with Crippen LogP contribution >= 0.6 is 0 Å². The topological polar surface area (TPSA) is 62.2 Å². The highest BCUT2D eigenvalue weighted by atomic mass is 16.4. The third kappa shape index (κ3) is 2.75. The number of nitrogens with zero attached hydrogens (tertiary/aromatic N) is 1. The first-order valence-corrected chi connectivity index (χ1v) is 6.10. The van der Waals surface area contributed by atoms with Crippen LogP contribution < -0.4 is 5.32 Å². The van der Waals surface area contributed by atoms with Gasteiger partial charge in [-0.15, -0.1) is 0 Å². The molecule has 1 aliphatic carbocycles. The van der Waals surface area contributed by atoms with E-state index in [9.17, 15) is 4.79 Å². The van der Waals surface area contributed by atoms with Crippen LogP contribution in [0.15, 0.2) is 18.3 Å². The minimum atomic E-state index is -0.930. The normalized spacial score (nSPS) is 23.6. The Kier molecular flexibility index (Phi) is 3.61. The number of hydrogen-bond acceptors (Lipinski definition) is 3. The predicted octanol–water partition coefficient (Wildman–Crippen LogP) is 2.63. The molecule has 1 saturated carbocycles. The Bertz CT molecular complexity index is 406. The molecule has 1 aliphatic rings. The van der Waals surface area contributed by atoms with Gasteiger partial charge in [0.15, 0.2) is 0 Å². The molecule has 0 spiro atoms. The molecule has 92 valence electrons. The molecule has 2 N–H and O–H groups in total. The van der Waals surface area contributed by atoms with Gasteiger partial charge < -0.3 is 10.4 Å². The fraction of sp³-hybridized carbons (Fsp3) is 0.538. The summed E-state index contributed by atoms with van der Waals surface area (Å²) in [7, 11) is 0. The van der Waals surface area contributed by atoms with E-state index < -0.39 is 5.97 Å². The molecule has 1 heterocycles. The molecule has 0 amide bonds. The molecule has 1 fully saturated rings. The number of carboxylic acids is 1. The quantitative estimate of drug-likeness (QED) is 0.840. The smallest absolute Gasteiger partial charge is 0.339 e. The van der Waals surface area contributed by atoms with Gasteiger partial charge in [0, 0.05) is 12.7 Å². The highest BCUT2D eigenvalue weighted by Gasteiger charge is 2.23. The monoisotopic (exact) mass is 234 g/mol. The summed E-state index contributed by atoms with van der Waals surface area (Å²) in [6.07, 6.45) is 5.40. The number of carboxylic acid groups (broad SMARTS) is 1. The first-order valence-electron chi connectivity index (χ1n) is 6.10. The van der Waals surface area contributed by atoms with E-state index in [4.69, 9.17) is 5.11 Å². The molecule has 0 radical (unpaired) electrons. The highest BCUT2D eigenvalue weighted by Crippen LogP contribution is 2.31. The van der Waals surface area contributed by atoms with Gasteiger partial charge in [-0.2, -0.15) is 0 Å². The van der Waals surface area contributed by atoms with Crippen molar-refractivity contribution in [2.75, 3.05) is 11.9 Å². The van der Waals surface area contributed by atoms with Crippen LogP contribution in [0.5, 0.6) is 0 Å². The minimum absolute atomic E-state index is 0.248. The number of pyridine rings is 1. The lowest BCUT2D eigenvalue weighted by atomic mass is 9.98. The molecule has 4 heteroatoms. The molecule has 2 unspecified atom stereocenters. The minimum Gasteiger partial charge on any atom is -0.478 e. The van der Waals surface area contributed by atoms with Gasteiger partial charge in [-0.05, 0) is 30.4 Å². The zero-order valence-corrected chi connectivity index (χ0v) is 10.0. The van der Waals surface area contributed by atoms with Gasteiger partial charge in [0.25, 0.3) is 0 Å². The molecule has 0 bridgehead atoms. The molecule has 0 aliphatic heterocycles. The zero-order chi connectivity index (χ0) is 12.3. The van der Waals surface area contributed by atoms with E-state index in [1.807, 2.05) is 0 Å². The van der Waals surface area contributed by atoms with Gasteiger partial charge >= 0.3 is 5.97 Å². The van der Waals surface area contributed by atoms with Crippen LogP contribution in [0.3, 0.4) is 0 Å². The average Bonchev–Trinajstić information content (AvgIpc) is 2.72. The molecule has 17 heavy (non-hydrogen) atoms. The van der Waals surface area contributed by atoms with Crippen molar-refractivity contribution in [2.45, 2.75) is 26.2 Å². The largest absolute Gasteiger partial charge is 0.478 e. The van der Waals surface area contributed by atoms with Crippen LogP contribution in [-0.2, 0) is 0 Å². The summed E-state index contributed by atoms with van der Waals surface area (Å²) in [5.74, 6) is 0.914. The average molecular weight is 234 g/mol. The Labute approximate surface area is 101 Å². The number of nitrogens with one attached hydrogen (secondary N) is 1. The van der Waals surface area contributed by atoms with Crippen molar-refractivity contribution >= 4 is 11.8 Å². The molecule has 1 aromatic heterocycles. The van der Waals surface area contributed by atoms with Crippen molar-refractivity contribution in [3.05, 3.63) is 23.9 Å². The molecule has 2 rings (SSSR count). The fourth-order valence-corrected chi connectivity index (χ4v) is 2.47. The second-order valence-electron chi connectivity index (χ2n) is 4.75. The lowest BCUT2D eigenvalue weighted by Crippen LogP contribution is -2.18. The Morgan fingerprint density at radius 2 is 2.41 bits per heavy atom. The van der Waals surface area contributed by atoms with Crippen molar-refractivity contribution in [2.24, 2.45) is 11.8 Å². The van der Waals surface area contributed by atoms with E-state index in [-0.39, 0.29) is 5.56 Å². The molecule has 4 nitrogen and oxygen atoms in total. The van der Waals surface area contributed by atoms with E-state index >= 15 is 0 Å². The van der Waals surface area contributed by atoms with E-state index in [0.717, 1.165) is 12.5 Å². The van der Waals surface area contributed by atoms with Crippen molar-refractivity contribution in [3.63, 3.8) is 0 Å². The van der Waals surface area contributed by atoms with E-state index in [1.54, 1.807) is 18.3 Å². The van der Waals surface area contributed by atoms with E-state index in [1.165, 1.54) is 19.3 Å². The summed E-state index contributed by atoms with van der Waals surface area (Å²) in [5.41, 5.74) is 0.248. The SMILES string of the molecule is CC1CCCC1CNc1ncccc1C(=O)O. The number of hydrogen-bond donors (Lipinski definition) is 2. The fourth-order valence-electron chi connectivity index (χ4n) is 2.47. The molecule has 0 aromatic carbocycles. The molecule has 2 atom stereocenters. The number of rotatable bonds is 4. The van der Waals surface area contributed by atoms with Gasteiger partial charge in [0.1, 0.15) is 11.4 Å². The summed E-state index contributed by atoms with van der Waals surface area (Å²) in [6, 6.07) is 3.22. The van der Waals surface area contributed by atoms with Gasteiger partial charge in [-0.1, -0.05) is 19.8 Å². The van der Waals surface area contributed by atoms with E-state index in [2.05, 4.69) is 17.2 Å². The van der Waals surface area contributed by atoms with Gasteiger partial charge in [-0.25, -0.2) is 9.78 Å². The highest BCUT2D eigenvalue weighted by molar-refractivity contribution is 5.92. The number of carbonyl (C=O) groups is 1. The number of aromatic nitrogens is 1. The second kappa shape index (κ2) is 5.17. The Hall–Kier alpha value is -1.58. The molecule has 1 aromatic rings. The van der Waals surface area contributed by atoms with Crippen LogP contribution in [-0.4, -0.2) is 22.6 Å². The van der Waals surface area contributed by atoms with Crippen molar-refractivity contribution in [1.29, 1.82) is 0 Å². The van der Waals surface area contributed by atoms with Crippen molar-refractivity contribution in [1.82, 2.24) is 4.98 Å². The first-order chi connectivity index (χ1) is 8.18. The molecule has 0 saturated heterocycles. The van der Waals surface area contributed by atoms with Gasteiger partial charge in [0.2, 0.25) is 0 Å². The summed E-state index contributed by atoms with van der Waals surface area (Å²) in [4.78, 5) is 15.1. The Balaban J connectivity index is 2.01. The molecular formula is C13H18N2O2. The Morgan fingerprint density at radius 1 is 1.59 bits per heavy atom. The number of aromatic carboxylic acids is 1. The van der Waals surface area contributed by atoms with Gasteiger partial charge in [-0.3, -0.25) is 0 Å². The first kappa shape index (κ1) is 11.9. The van der Waals surface area contributed by atoms with Crippen LogP contribution in [0.1, 0.15) is 36.5 Å². The second-order valence-corrected chi connectivity index (χ2v) is 4.75. The summed E-state index contributed by atoms with van der Waals surface area (Å²) >= 11 is 0.